The lowest BCUT2D eigenvalue weighted by molar-refractivity contribution is -0.137. The van der Waals surface area contributed by atoms with Gasteiger partial charge in [0.15, 0.2) is 0 Å². The van der Waals surface area contributed by atoms with Crippen LogP contribution in [0.4, 0.5) is 13.2 Å². The summed E-state index contributed by atoms with van der Waals surface area (Å²) in [5, 5.41) is 7.15. The molecule has 1 aromatic carbocycles. The first-order chi connectivity index (χ1) is 12.8. The summed E-state index contributed by atoms with van der Waals surface area (Å²) < 4.78 is 38.8. The fourth-order valence-electron chi connectivity index (χ4n) is 2.59. The summed E-state index contributed by atoms with van der Waals surface area (Å²) in [7, 11) is 0. The van der Waals surface area contributed by atoms with Crippen molar-refractivity contribution in [3.8, 4) is 0 Å². The molecule has 1 amide bonds. The minimum absolute atomic E-state index is 0.205. The first kappa shape index (κ1) is 18.6. The van der Waals surface area contributed by atoms with E-state index in [1.807, 2.05) is 0 Å². The van der Waals surface area contributed by atoms with Crippen molar-refractivity contribution in [1.29, 1.82) is 0 Å². The third kappa shape index (κ3) is 4.13. The number of nitrogens with zero attached hydrogens (tertiary/aromatic N) is 3. The molecule has 0 spiro atoms. The largest absolute Gasteiger partial charge is 0.416 e. The fraction of sp³-hybridized carbons (Fsp3) is 0.222. The Balaban J connectivity index is 1.70. The molecule has 0 aliphatic heterocycles. The Morgan fingerprint density at radius 1 is 1.22 bits per heavy atom. The molecule has 2 aromatic heterocycles. The number of aromatic nitrogens is 3. The van der Waals surface area contributed by atoms with E-state index in [1.165, 1.54) is 24.5 Å². The van der Waals surface area contributed by atoms with Crippen LogP contribution in [0.5, 0.6) is 0 Å². The molecule has 3 rings (SSSR count). The number of benzene rings is 1. The molecule has 9 heteroatoms. The molecule has 0 saturated carbocycles. The highest BCUT2D eigenvalue weighted by molar-refractivity contribution is 5.78. The van der Waals surface area contributed by atoms with Gasteiger partial charge in [-0.25, -0.2) is 4.68 Å². The van der Waals surface area contributed by atoms with Crippen molar-refractivity contribution < 1.29 is 18.0 Å². The zero-order valence-corrected chi connectivity index (χ0v) is 14.2. The predicted octanol–water partition coefficient (Wildman–Crippen LogP) is 2.69. The van der Waals surface area contributed by atoms with E-state index in [4.69, 9.17) is 0 Å². The number of nitrogens with one attached hydrogen (secondary N) is 1. The van der Waals surface area contributed by atoms with E-state index in [-0.39, 0.29) is 12.1 Å². The lowest BCUT2D eigenvalue weighted by atomic mass is 10.1. The Bertz CT molecular complexity index is 1030. The van der Waals surface area contributed by atoms with E-state index < -0.39 is 29.2 Å². The van der Waals surface area contributed by atoms with Crippen molar-refractivity contribution >= 4 is 16.8 Å². The third-order valence-corrected chi connectivity index (χ3v) is 4.02. The number of carbonyl (C=O) groups is 1. The fourth-order valence-corrected chi connectivity index (χ4v) is 2.59. The summed E-state index contributed by atoms with van der Waals surface area (Å²) in [5.74, 6) is -0.493. The Morgan fingerprint density at radius 3 is 2.59 bits per heavy atom. The molecule has 1 atom stereocenters. The summed E-state index contributed by atoms with van der Waals surface area (Å²) >= 11 is 0. The van der Waals surface area contributed by atoms with Gasteiger partial charge in [0.1, 0.15) is 12.1 Å². The molecule has 0 aliphatic rings. The van der Waals surface area contributed by atoms with Crippen LogP contribution < -0.4 is 10.9 Å². The summed E-state index contributed by atoms with van der Waals surface area (Å²) in [6.45, 7) is 1.31. The highest BCUT2D eigenvalue weighted by atomic mass is 19.4. The molecule has 140 valence electrons. The normalized spacial score (nSPS) is 12.7. The smallest absolute Gasteiger partial charge is 0.348 e. The van der Waals surface area contributed by atoms with E-state index >= 15 is 0 Å². The molecule has 0 saturated heterocycles. The third-order valence-electron chi connectivity index (χ3n) is 4.02. The first-order valence-corrected chi connectivity index (χ1v) is 8.03. The van der Waals surface area contributed by atoms with Crippen LogP contribution in [0.2, 0.25) is 0 Å². The monoisotopic (exact) mass is 376 g/mol. The molecular formula is C18H15F3N4O2. The number of hydrogen-bond donors (Lipinski definition) is 1. The van der Waals surface area contributed by atoms with Gasteiger partial charge in [0.2, 0.25) is 5.91 Å². The van der Waals surface area contributed by atoms with Crippen LogP contribution in [0.1, 0.15) is 24.1 Å². The standard InChI is InChI=1S/C18H15F3N4O2/c1-11(12-4-6-14(7-5-12)18(19,20)21)24-15(26)10-25-17(27)16-13(9-23-25)3-2-8-22-16/h2-9,11H,10H2,1H3,(H,24,26)/t11-/m0/s1. The van der Waals surface area contributed by atoms with Crippen molar-refractivity contribution in [2.24, 2.45) is 0 Å². The molecule has 3 aromatic rings. The second-order valence-electron chi connectivity index (χ2n) is 5.96. The van der Waals surface area contributed by atoms with Gasteiger partial charge in [-0.15, -0.1) is 0 Å². The molecule has 0 fully saturated rings. The van der Waals surface area contributed by atoms with Crippen LogP contribution in [0, 0.1) is 0 Å². The summed E-state index contributed by atoms with van der Waals surface area (Å²) in [4.78, 5) is 28.5. The zero-order valence-electron chi connectivity index (χ0n) is 14.2. The average Bonchev–Trinajstić information content (AvgIpc) is 2.63. The maximum atomic E-state index is 12.6. The average molecular weight is 376 g/mol. The van der Waals surface area contributed by atoms with Crippen molar-refractivity contribution in [3.63, 3.8) is 0 Å². The van der Waals surface area contributed by atoms with Gasteiger partial charge in [-0.1, -0.05) is 12.1 Å². The van der Waals surface area contributed by atoms with Crippen LogP contribution in [0.25, 0.3) is 10.9 Å². The number of fused-ring (bicyclic) bond motifs is 1. The molecule has 2 heterocycles. The van der Waals surface area contributed by atoms with Gasteiger partial charge in [-0.2, -0.15) is 18.3 Å². The first-order valence-electron chi connectivity index (χ1n) is 8.03. The minimum atomic E-state index is -4.41. The molecule has 27 heavy (non-hydrogen) atoms. The quantitative estimate of drug-likeness (QED) is 0.760. The van der Waals surface area contributed by atoms with Crippen molar-refractivity contribution in [1.82, 2.24) is 20.1 Å². The van der Waals surface area contributed by atoms with E-state index in [9.17, 15) is 22.8 Å². The molecule has 0 unspecified atom stereocenters. The molecule has 0 radical (unpaired) electrons. The van der Waals surface area contributed by atoms with Gasteiger partial charge in [0.05, 0.1) is 17.8 Å². The predicted molar refractivity (Wildman–Crippen MR) is 91.8 cm³/mol. The van der Waals surface area contributed by atoms with Crippen LogP contribution in [-0.2, 0) is 17.5 Å². The van der Waals surface area contributed by atoms with Crippen LogP contribution in [0.15, 0.2) is 53.6 Å². The van der Waals surface area contributed by atoms with Crippen molar-refractivity contribution in [3.05, 3.63) is 70.3 Å². The van der Waals surface area contributed by atoms with Gasteiger partial charge in [-0.3, -0.25) is 14.6 Å². The lowest BCUT2D eigenvalue weighted by Crippen LogP contribution is -2.35. The van der Waals surface area contributed by atoms with E-state index in [1.54, 1.807) is 19.1 Å². The van der Waals surface area contributed by atoms with Gasteiger partial charge in [-0.05, 0) is 36.8 Å². The number of alkyl halides is 3. The van der Waals surface area contributed by atoms with Crippen molar-refractivity contribution in [2.75, 3.05) is 0 Å². The van der Waals surface area contributed by atoms with E-state index in [0.717, 1.165) is 16.8 Å². The number of amides is 1. The molecule has 0 aliphatic carbocycles. The maximum absolute atomic E-state index is 12.6. The van der Waals surface area contributed by atoms with E-state index in [2.05, 4.69) is 15.4 Å². The van der Waals surface area contributed by atoms with Gasteiger partial charge >= 0.3 is 6.18 Å². The highest BCUT2D eigenvalue weighted by Crippen LogP contribution is 2.29. The Labute approximate surface area is 151 Å². The van der Waals surface area contributed by atoms with Crippen LogP contribution >= 0.6 is 0 Å². The molecular weight excluding hydrogens is 361 g/mol. The van der Waals surface area contributed by atoms with Gasteiger partial charge < -0.3 is 5.32 Å². The van der Waals surface area contributed by atoms with Crippen LogP contribution in [-0.4, -0.2) is 20.7 Å². The number of halogens is 3. The van der Waals surface area contributed by atoms with Crippen molar-refractivity contribution in [2.45, 2.75) is 25.7 Å². The number of carbonyl (C=O) groups excluding carboxylic acids is 1. The SMILES string of the molecule is C[C@H](NC(=O)Cn1ncc2cccnc2c1=O)c1ccc(C(F)(F)F)cc1. The lowest BCUT2D eigenvalue weighted by Gasteiger charge is -2.16. The zero-order chi connectivity index (χ0) is 19.6. The Hall–Kier alpha value is -3.23. The van der Waals surface area contributed by atoms with E-state index in [0.29, 0.717) is 10.9 Å². The molecule has 0 bridgehead atoms. The molecule has 1 N–H and O–H groups in total. The molecule has 6 nitrogen and oxygen atoms in total. The van der Waals surface area contributed by atoms with Gasteiger partial charge in [0, 0.05) is 11.6 Å². The summed E-state index contributed by atoms with van der Waals surface area (Å²) in [5.41, 5.74) is -0.539. The second kappa shape index (κ2) is 7.18. The van der Waals surface area contributed by atoms with Crippen LogP contribution in [0.3, 0.4) is 0 Å². The number of hydrogen-bond acceptors (Lipinski definition) is 4. The minimum Gasteiger partial charge on any atom is -0.348 e. The topological polar surface area (TPSA) is 76.9 Å². The second-order valence-corrected chi connectivity index (χ2v) is 5.96. The summed E-state index contributed by atoms with van der Waals surface area (Å²) in [6.07, 6.45) is -1.50. The maximum Gasteiger partial charge on any atom is 0.416 e. The Morgan fingerprint density at radius 2 is 1.93 bits per heavy atom. The highest BCUT2D eigenvalue weighted by Gasteiger charge is 2.30. The van der Waals surface area contributed by atoms with Gasteiger partial charge in [0.25, 0.3) is 5.56 Å². The number of pyridine rings is 1. The number of rotatable bonds is 4. The Kier molecular flexibility index (Phi) is 4.93. The summed E-state index contributed by atoms with van der Waals surface area (Å²) in [6, 6.07) is 7.35.